The molecule has 2 aromatic rings. The van der Waals surface area contributed by atoms with Crippen molar-refractivity contribution in [1.82, 2.24) is 10.4 Å². The minimum Gasteiger partial charge on any atom is -0.487 e. The number of hydrogen-bond donors (Lipinski definition) is 2. The Morgan fingerprint density at radius 3 is 2.48 bits per heavy atom. The van der Waals surface area contributed by atoms with E-state index in [0.717, 1.165) is 6.07 Å². The van der Waals surface area contributed by atoms with Crippen LogP contribution in [0.5, 0.6) is 5.75 Å². The number of amides is 1. The molecule has 0 saturated carbocycles. The van der Waals surface area contributed by atoms with Crippen LogP contribution in [0.1, 0.15) is 21.6 Å². The summed E-state index contributed by atoms with van der Waals surface area (Å²) in [6, 6.07) is 6.80. The third-order valence-electron chi connectivity index (χ3n) is 2.87. The largest absolute Gasteiger partial charge is 0.487 e. The van der Waals surface area contributed by atoms with Crippen LogP contribution < -0.4 is 16.0 Å². The van der Waals surface area contributed by atoms with Gasteiger partial charge in [0.1, 0.15) is 12.4 Å². The average molecular weight is 346 g/mol. The predicted molar refractivity (Wildman–Crippen MR) is 76.7 cm³/mol. The molecule has 3 N–H and O–H groups in total. The maximum Gasteiger partial charge on any atom is 0.417 e. The Morgan fingerprint density at radius 2 is 1.96 bits per heavy atom. The van der Waals surface area contributed by atoms with E-state index in [2.05, 4.69) is 4.98 Å². The Morgan fingerprint density at radius 1 is 1.30 bits per heavy atom. The molecule has 0 spiro atoms. The zero-order valence-electron chi connectivity index (χ0n) is 11.5. The second kappa shape index (κ2) is 6.84. The van der Waals surface area contributed by atoms with Crippen molar-refractivity contribution in [3.05, 3.63) is 58.4 Å². The molecule has 23 heavy (non-hydrogen) atoms. The Bertz CT molecular complexity index is 705. The van der Waals surface area contributed by atoms with Crippen LogP contribution in [-0.4, -0.2) is 10.9 Å². The molecule has 0 saturated heterocycles. The van der Waals surface area contributed by atoms with Crippen LogP contribution >= 0.6 is 11.6 Å². The first kappa shape index (κ1) is 17.0. The highest BCUT2D eigenvalue weighted by Gasteiger charge is 2.31. The summed E-state index contributed by atoms with van der Waals surface area (Å²) in [4.78, 5) is 14.9. The van der Waals surface area contributed by atoms with Gasteiger partial charge < -0.3 is 4.74 Å². The van der Waals surface area contributed by atoms with Gasteiger partial charge in [0.2, 0.25) is 0 Å². The fraction of sp³-hybridized carbons (Fsp3) is 0.143. The number of ether oxygens (including phenoxy) is 1. The Hall–Kier alpha value is -2.32. The van der Waals surface area contributed by atoms with E-state index in [0.29, 0.717) is 17.5 Å². The highest BCUT2D eigenvalue weighted by Crippen LogP contribution is 2.31. The molecule has 0 atom stereocenters. The lowest BCUT2D eigenvalue weighted by Gasteiger charge is -2.10. The van der Waals surface area contributed by atoms with Crippen molar-refractivity contribution in [2.45, 2.75) is 12.8 Å². The van der Waals surface area contributed by atoms with Gasteiger partial charge in [0.15, 0.2) is 0 Å². The number of benzene rings is 1. The molecule has 0 unspecified atom stereocenters. The first-order valence-electron chi connectivity index (χ1n) is 6.26. The number of rotatable bonds is 4. The first-order valence-corrected chi connectivity index (χ1v) is 6.64. The van der Waals surface area contributed by atoms with Gasteiger partial charge in [-0.1, -0.05) is 11.6 Å². The van der Waals surface area contributed by atoms with Gasteiger partial charge in [-0.25, -0.2) is 5.84 Å². The lowest BCUT2D eigenvalue weighted by atomic mass is 10.2. The number of carbonyl (C=O) groups is 1. The number of alkyl halides is 3. The van der Waals surface area contributed by atoms with E-state index in [4.69, 9.17) is 22.2 Å². The van der Waals surface area contributed by atoms with Crippen LogP contribution in [0.3, 0.4) is 0 Å². The van der Waals surface area contributed by atoms with Crippen molar-refractivity contribution >= 4 is 17.5 Å². The van der Waals surface area contributed by atoms with Gasteiger partial charge in [0.05, 0.1) is 16.3 Å². The highest BCUT2D eigenvalue weighted by atomic mass is 35.5. The van der Waals surface area contributed by atoms with Crippen molar-refractivity contribution in [2.24, 2.45) is 5.84 Å². The zero-order chi connectivity index (χ0) is 17.0. The number of hydrazine groups is 1. The third-order valence-corrected chi connectivity index (χ3v) is 3.20. The van der Waals surface area contributed by atoms with Crippen LogP contribution in [0.25, 0.3) is 0 Å². The number of halogens is 4. The summed E-state index contributed by atoms with van der Waals surface area (Å²) in [5.74, 6) is 4.95. The second-order valence-electron chi connectivity index (χ2n) is 4.44. The van der Waals surface area contributed by atoms with Gasteiger partial charge in [-0.15, -0.1) is 0 Å². The molecule has 2 rings (SSSR count). The van der Waals surface area contributed by atoms with Gasteiger partial charge in [-0.05, 0) is 30.3 Å². The number of nitrogens with two attached hydrogens (primary N) is 1. The van der Waals surface area contributed by atoms with E-state index >= 15 is 0 Å². The molecule has 1 aromatic heterocycles. The normalized spacial score (nSPS) is 11.2. The molecule has 1 amide bonds. The van der Waals surface area contributed by atoms with Crippen LogP contribution in [-0.2, 0) is 12.8 Å². The van der Waals surface area contributed by atoms with Gasteiger partial charge in [-0.3, -0.25) is 15.2 Å². The molecule has 1 heterocycles. The van der Waals surface area contributed by atoms with E-state index in [1.807, 2.05) is 5.43 Å². The van der Waals surface area contributed by atoms with Crippen LogP contribution in [0.15, 0.2) is 36.5 Å². The summed E-state index contributed by atoms with van der Waals surface area (Å²) in [6.45, 7) is -0.112. The Kier molecular flexibility index (Phi) is 5.07. The number of aromatic nitrogens is 1. The van der Waals surface area contributed by atoms with Crippen LogP contribution in [0.4, 0.5) is 13.2 Å². The number of nitrogens with zero attached hydrogens (tertiary/aromatic N) is 1. The van der Waals surface area contributed by atoms with Gasteiger partial charge in [0, 0.05) is 11.8 Å². The van der Waals surface area contributed by atoms with Crippen molar-refractivity contribution in [3.63, 3.8) is 0 Å². The highest BCUT2D eigenvalue weighted by molar-refractivity contribution is 6.31. The van der Waals surface area contributed by atoms with E-state index in [-0.39, 0.29) is 17.3 Å². The Balaban J connectivity index is 2.05. The third kappa shape index (κ3) is 4.33. The van der Waals surface area contributed by atoms with Gasteiger partial charge in [0.25, 0.3) is 5.91 Å². The summed E-state index contributed by atoms with van der Waals surface area (Å²) >= 11 is 5.78. The van der Waals surface area contributed by atoms with Gasteiger partial charge in [-0.2, -0.15) is 13.2 Å². The van der Waals surface area contributed by atoms with E-state index in [1.165, 1.54) is 24.3 Å². The summed E-state index contributed by atoms with van der Waals surface area (Å²) in [7, 11) is 0. The molecule has 122 valence electrons. The molecule has 0 fully saturated rings. The van der Waals surface area contributed by atoms with Crippen molar-refractivity contribution < 1.29 is 22.7 Å². The van der Waals surface area contributed by atoms with Gasteiger partial charge >= 0.3 is 6.18 Å². The minimum absolute atomic E-state index is 0.112. The molecule has 1 aromatic carbocycles. The lowest BCUT2D eigenvalue weighted by molar-refractivity contribution is -0.137. The molecule has 0 aliphatic carbocycles. The molecule has 0 bridgehead atoms. The van der Waals surface area contributed by atoms with Crippen molar-refractivity contribution in [2.75, 3.05) is 0 Å². The summed E-state index contributed by atoms with van der Waals surface area (Å²) in [5.41, 5.74) is 1.57. The summed E-state index contributed by atoms with van der Waals surface area (Å²) in [5, 5.41) is -0.140. The number of nitrogens with one attached hydrogen (secondary N) is 1. The fourth-order valence-corrected chi connectivity index (χ4v) is 1.89. The maximum absolute atomic E-state index is 12.5. The number of carbonyl (C=O) groups excluding carboxylic acids is 1. The van der Waals surface area contributed by atoms with E-state index in [1.54, 1.807) is 0 Å². The topological polar surface area (TPSA) is 77.2 Å². The molecular formula is C14H11ClF3N3O2. The Labute approximate surface area is 134 Å². The minimum atomic E-state index is -4.50. The molecule has 9 heteroatoms. The summed E-state index contributed by atoms with van der Waals surface area (Å²) in [6.07, 6.45) is -3.81. The predicted octanol–water partition coefficient (Wildman–Crippen LogP) is 2.94. The number of pyridine rings is 1. The number of nitrogen functional groups attached to an aromatic ring is 1. The van der Waals surface area contributed by atoms with Crippen LogP contribution in [0, 0.1) is 0 Å². The smallest absolute Gasteiger partial charge is 0.417 e. The standard InChI is InChI=1S/C14H11ClF3N3O2/c15-11-5-9(14(16,17)18)6-20-12(11)7-23-10-3-1-8(2-4-10)13(22)21-19/h1-6H,7,19H2,(H,21,22). The monoisotopic (exact) mass is 345 g/mol. The average Bonchev–Trinajstić information content (AvgIpc) is 2.52. The second-order valence-corrected chi connectivity index (χ2v) is 4.84. The quantitative estimate of drug-likeness (QED) is 0.507. The SMILES string of the molecule is NNC(=O)c1ccc(OCc2ncc(C(F)(F)F)cc2Cl)cc1. The molecule has 0 radical (unpaired) electrons. The van der Waals surface area contributed by atoms with Crippen LogP contribution in [0.2, 0.25) is 5.02 Å². The number of hydrogen-bond acceptors (Lipinski definition) is 4. The zero-order valence-corrected chi connectivity index (χ0v) is 12.3. The van der Waals surface area contributed by atoms with E-state index in [9.17, 15) is 18.0 Å². The molecular weight excluding hydrogens is 335 g/mol. The van der Waals surface area contributed by atoms with Crippen molar-refractivity contribution in [1.29, 1.82) is 0 Å². The van der Waals surface area contributed by atoms with Crippen molar-refractivity contribution in [3.8, 4) is 5.75 Å². The summed E-state index contributed by atoms with van der Waals surface area (Å²) < 4.78 is 42.9. The first-order chi connectivity index (χ1) is 10.8. The lowest BCUT2D eigenvalue weighted by Crippen LogP contribution is -2.29. The maximum atomic E-state index is 12.5. The molecule has 5 nitrogen and oxygen atoms in total. The molecule has 0 aliphatic heterocycles. The molecule has 0 aliphatic rings. The fourth-order valence-electron chi connectivity index (χ4n) is 1.67. The van der Waals surface area contributed by atoms with E-state index < -0.39 is 17.6 Å².